The molecule has 0 fully saturated rings. The summed E-state index contributed by atoms with van der Waals surface area (Å²) >= 11 is 3.46. The molecule has 0 bridgehead atoms. The first kappa shape index (κ1) is 15.2. The van der Waals surface area contributed by atoms with Crippen molar-refractivity contribution < 1.29 is 4.79 Å². The monoisotopic (exact) mass is 312 g/mol. The van der Waals surface area contributed by atoms with E-state index in [4.69, 9.17) is 0 Å². The fourth-order valence-corrected chi connectivity index (χ4v) is 2.22. The molecule has 4 heteroatoms. The third-order valence-electron chi connectivity index (χ3n) is 3.07. The van der Waals surface area contributed by atoms with Crippen molar-refractivity contribution in [3.63, 3.8) is 0 Å². The summed E-state index contributed by atoms with van der Waals surface area (Å²) in [5, 5.41) is 3.33. The number of halogens is 1. The van der Waals surface area contributed by atoms with Crippen LogP contribution in [0.1, 0.15) is 32.4 Å². The normalized spacial score (nSPS) is 14.1. The molecule has 0 heterocycles. The Morgan fingerprint density at radius 1 is 1.44 bits per heavy atom. The minimum atomic E-state index is -0.177. The molecule has 1 aromatic rings. The maximum atomic E-state index is 12.0. The van der Waals surface area contributed by atoms with Gasteiger partial charge in [0.25, 0.3) is 0 Å². The van der Waals surface area contributed by atoms with Crippen LogP contribution in [0.5, 0.6) is 0 Å². The Kier molecular flexibility index (Phi) is 5.82. The van der Waals surface area contributed by atoms with Crippen LogP contribution in [0, 0.1) is 0 Å². The molecule has 0 aliphatic heterocycles. The van der Waals surface area contributed by atoms with Crippen LogP contribution in [0.2, 0.25) is 0 Å². The minimum Gasteiger partial charge on any atom is -0.345 e. The molecule has 0 spiro atoms. The zero-order chi connectivity index (χ0) is 13.7. The Hall–Kier alpha value is -0.870. The molecule has 0 saturated heterocycles. The van der Waals surface area contributed by atoms with Gasteiger partial charge in [0.2, 0.25) is 5.91 Å². The van der Waals surface area contributed by atoms with Gasteiger partial charge in [0.05, 0.1) is 6.04 Å². The quantitative estimate of drug-likeness (QED) is 0.906. The highest BCUT2D eigenvalue weighted by Gasteiger charge is 2.18. The number of likely N-dealkylation sites (N-methyl/N-ethyl adjacent to an activating group) is 1. The number of nitrogens with one attached hydrogen (secondary N) is 1. The van der Waals surface area contributed by atoms with Crippen LogP contribution in [-0.2, 0) is 4.79 Å². The summed E-state index contributed by atoms with van der Waals surface area (Å²) in [6.07, 6.45) is 0. The Morgan fingerprint density at radius 2 is 2.11 bits per heavy atom. The van der Waals surface area contributed by atoms with Crippen LogP contribution in [0.3, 0.4) is 0 Å². The summed E-state index contributed by atoms with van der Waals surface area (Å²) < 4.78 is 1.05. The van der Waals surface area contributed by atoms with Crippen LogP contribution in [0.4, 0.5) is 0 Å². The van der Waals surface area contributed by atoms with E-state index < -0.39 is 0 Å². The number of nitrogens with zero attached hydrogens (tertiary/aromatic N) is 1. The maximum Gasteiger partial charge on any atom is 0.239 e. The summed E-state index contributed by atoms with van der Waals surface area (Å²) in [6.45, 7) is 6.68. The average Bonchev–Trinajstić information content (AvgIpc) is 2.36. The molecule has 0 aliphatic rings. The number of rotatable bonds is 5. The fourth-order valence-electron chi connectivity index (χ4n) is 1.80. The molecule has 0 aliphatic carbocycles. The molecular weight excluding hydrogens is 292 g/mol. The van der Waals surface area contributed by atoms with E-state index in [1.54, 1.807) is 4.90 Å². The van der Waals surface area contributed by atoms with Gasteiger partial charge < -0.3 is 4.90 Å². The summed E-state index contributed by atoms with van der Waals surface area (Å²) in [7, 11) is 1.82. The van der Waals surface area contributed by atoms with Crippen molar-refractivity contribution >= 4 is 21.8 Å². The largest absolute Gasteiger partial charge is 0.345 e. The third kappa shape index (κ3) is 4.10. The van der Waals surface area contributed by atoms with E-state index in [0.29, 0.717) is 0 Å². The molecule has 0 radical (unpaired) electrons. The lowest BCUT2D eigenvalue weighted by Crippen LogP contribution is -2.43. The van der Waals surface area contributed by atoms with E-state index in [1.165, 1.54) is 5.56 Å². The number of hydrogen-bond acceptors (Lipinski definition) is 2. The van der Waals surface area contributed by atoms with Gasteiger partial charge >= 0.3 is 0 Å². The molecule has 0 saturated carbocycles. The zero-order valence-electron chi connectivity index (χ0n) is 11.4. The van der Waals surface area contributed by atoms with E-state index >= 15 is 0 Å². The van der Waals surface area contributed by atoms with Crippen molar-refractivity contribution in [2.24, 2.45) is 0 Å². The van der Waals surface area contributed by atoms with E-state index in [-0.39, 0.29) is 18.0 Å². The smallest absolute Gasteiger partial charge is 0.239 e. The van der Waals surface area contributed by atoms with Gasteiger partial charge in [-0.3, -0.25) is 10.1 Å². The average molecular weight is 313 g/mol. The van der Waals surface area contributed by atoms with Crippen molar-refractivity contribution in [2.75, 3.05) is 13.6 Å². The topological polar surface area (TPSA) is 32.3 Å². The van der Waals surface area contributed by atoms with Crippen molar-refractivity contribution in [1.82, 2.24) is 10.2 Å². The number of carbonyl (C=O) groups is 1. The lowest BCUT2D eigenvalue weighted by Gasteiger charge is -2.24. The lowest BCUT2D eigenvalue weighted by atomic mass is 10.1. The molecule has 100 valence electrons. The van der Waals surface area contributed by atoms with Gasteiger partial charge in [-0.25, -0.2) is 0 Å². The number of hydrogen-bond donors (Lipinski definition) is 1. The van der Waals surface area contributed by atoms with Crippen LogP contribution < -0.4 is 5.32 Å². The SMILES string of the molecule is CCN(C)C(=O)C(C)NC(C)c1cccc(Br)c1. The molecule has 1 rings (SSSR count). The molecular formula is C14H21BrN2O. The number of carbonyl (C=O) groups excluding carboxylic acids is 1. The van der Waals surface area contributed by atoms with E-state index in [2.05, 4.69) is 40.3 Å². The van der Waals surface area contributed by atoms with Crippen molar-refractivity contribution in [3.8, 4) is 0 Å². The first-order chi connectivity index (χ1) is 8.45. The van der Waals surface area contributed by atoms with Crippen LogP contribution in [-0.4, -0.2) is 30.4 Å². The number of benzene rings is 1. The van der Waals surface area contributed by atoms with Crippen LogP contribution in [0.25, 0.3) is 0 Å². The number of amides is 1. The highest BCUT2D eigenvalue weighted by atomic mass is 79.9. The van der Waals surface area contributed by atoms with Crippen LogP contribution in [0.15, 0.2) is 28.7 Å². The highest BCUT2D eigenvalue weighted by Crippen LogP contribution is 2.18. The fraction of sp³-hybridized carbons (Fsp3) is 0.500. The Balaban J connectivity index is 2.64. The first-order valence-corrected chi connectivity index (χ1v) is 7.01. The van der Waals surface area contributed by atoms with E-state index in [1.807, 2.05) is 33.0 Å². The predicted molar refractivity (Wildman–Crippen MR) is 78.5 cm³/mol. The minimum absolute atomic E-state index is 0.124. The maximum absolute atomic E-state index is 12.0. The second-order valence-electron chi connectivity index (χ2n) is 4.52. The van der Waals surface area contributed by atoms with E-state index in [9.17, 15) is 4.79 Å². The second kappa shape index (κ2) is 6.90. The first-order valence-electron chi connectivity index (χ1n) is 6.22. The van der Waals surface area contributed by atoms with Gasteiger partial charge in [-0.05, 0) is 38.5 Å². The summed E-state index contributed by atoms with van der Waals surface area (Å²) in [5.74, 6) is 0.124. The summed E-state index contributed by atoms with van der Waals surface area (Å²) in [6, 6.07) is 8.09. The Bertz CT molecular complexity index is 409. The summed E-state index contributed by atoms with van der Waals surface area (Å²) in [4.78, 5) is 13.7. The van der Waals surface area contributed by atoms with Gasteiger partial charge in [-0.2, -0.15) is 0 Å². The van der Waals surface area contributed by atoms with Gasteiger partial charge in [-0.1, -0.05) is 28.1 Å². The second-order valence-corrected chi connectivity index (χ2v) is 5.43. The van der Waals surface area contributed by atoms with Crippen molar-refractivity contribution in [3.05, 3.63) is 34.3 Å². The Morgan fingerprint density at radius 3 is 2.67 bits per heavy atom. The third-order valence-corrected chi connectivity index (χ3v) is 3.56. The standard InChI is InChI=1S/C14H21BrN2O/c1-5-17(4)14(18)11(3)16-10(2)12-7-6-8-13(15)9-12/h6-11,16H,5H2,1-4H3. The highest BCUT2D eigenvalue weighted by molar-refractivity contribution is 9.10. The van der Waals surface area contributed by atoms with Gasteiger partial charge in [0.1, 0.15) is 0 Å². The summed E-state index contributed by atoms with van der Waals surface area (Å²) in [5.41, 5.74) is 1.17. The predicted octanol–water partition coefficient (Wildman–Crippen LogP) is 2.97. The molecule has 1 amide bonds. The zero-order valence-corrected chi connectivity index (χ0v) is 13.0. The molecule has 2 unspecified atom stereocenters. The molecule has 2 atom stereocenters. The van der Waals surface area contributed by atoms with Crippen LogP contribution >= 0.6 is 15.9 Å². The van der Waals surface area contributed by atoms with Crippen molar-refractivity contribution in [2.45, 2.75) is 32.9 Å². The van der Waals surface area contributed by atoms with Gasteiger partial charge in [-0.15, -0.1) is 0 Å². The molecule has 0 aromatic heterocycles. The van der Waals surface area contributed by atoms with Gasteiger partial charge in [0.15, 0.2) is 0 Å². The Labute approximate surface area is 118 Å². The molecule has 3 nitrogen and oxygen atoms in total. The molecule has 1 N–H and O–H groups in total. The van der Waals surface area contributed by atoms with E-state index in [0.717, 1.165) is 11.0 Å². The lowest BCUT2D eigenvalue weighted by molar-refractivity contribution is -0.131. The van der Waals surface area contributed by atoms with Gasteiger partial charge in [0, 0.05) is 24.1 Å². The molecule has 18 heavy (non-hydrogen) atoms. The molecule has 1 aromatic carbocycles. The van der Waals surface area contributed by atoms with Crippen molar-refractivity contribution in [1.29, 1.82) is 0 Å².